The summed E-state index contributed by atoms with van der Waals surface area (Å²) in [5, 5.41) is 0. The van der Waals surface area contributed by atoms with Crippen LogP contribution in [0.25, 0.3) is 0 Å². The van der Waals surface area contributed by atoms with Gasteiger partial charge in [0.25, 0.3) is 0 Å². The summed E-state index contributed by atoms with van der Waals surface area (Å²) in [5.74, 6) is -0.0823. The van der Waals surface area contributed by atoms with Crippen LogP contribution in [0, 0.1) is 5.82 Å². The van der Waals surface area contributed by atoms with E-state index in [-0.39, 0.29) is 11.9 Å². The average Bonchev–Trinajstić information content (AvgIpc) is 2.41. The summed E-state index contributed by atoms with van der Waals surface area (Å²) in [6.45, 7) is 2.03. The van der Waals surface area contributed by atoms with Crippen molar-refractivity contribution in [3.63, 3.8) is 0 Å². The van der Waals surface area contributed by atoms with Gasteiger partial charge in [0.2, 0.25) is 0 Å². The molecule has 1 unspecified atom stereocenters. The molecule has 1 aliphatic heterocycles. The Morgan fingerprint density at radius 3 is 2.63 bits per heavy atom. The van der Waals surface area contributed by atoms with Crippen LogP contribution in [0.15, 0.2) is 48.8 Å². The molecule has 0 spiro atoms. The van der Waals surface area contributed by atoms with Gasteiger partial charge in [-0.2, -0.15) is 0 Å². The van der Waals surface area contributed by atoms with E-state index in [1.807, 2.05) is 36.7 Å². The van der Waals surface area contributed by atoms with Gasteiger partial charge in [0.05, 0.1) is 0 Å². The van der Waals surface area contributed by atoms with Crippen LogP contribution < -0.4 is 0 Å². The number of pyridine rings is 1. The number of hydrogen-bond acceptors (Lipinski definition) is 2. The summed E-state index contributed by atoms with van der Waals surface area (Å²) in [7, 11) is 0. The zero-order valence-corrected chi connectivity index (χ0v) is 10.8. The summed E-state index contributed by atoms with van der Waals surface area (Å²) < 4.78 is 13.8. The van der Waals surface area contributed by atoms with Crippen LogP contribution in [0.4, 0.5) is 4.39 Å². The Balaban J connectivity index is 1.63. The normalized spacial score (nSPS) is 19.1. The molecule has 0 radical (unpaired) electrons. The molecule has 3 rings (SSSR count). The highest BCUT2D eigenvalue weighted by Crippen LogP contribution is 2.34. The predicted molar refractivity (Wildman–Crippen MR) is 73.3 cm³/mol. The Bertz CT molecular complexity index is 541. The maximum atomic E-state index is 13.8. The van der Waals surface area contributed by atoms with Gasteiger partial charge in [0.1, 0.15) is 5.82 Å². The lowest BCUT2D eigenvalue weighted by molar-refractivity contribution is 0.0895. The molecule has 0 bridgehead atoms. The summed E-state index contributed by atoms with van der Waals surface area (Å²) in [6, 6.07) is 11.4. The summed E-state index contributed by atoms with van der Waals surface area (Å²) >= 11 is 0. The molecule has 98 valence electrons. The fourth-order valence-electron chi connectivity index (χ4n) is 2.63. The van der Waals surface area contributed by atoms with Gasteiger partial charge in [0.15, 0.2) is 0 Å². The molecule has 2 nitrogen and oxygen atoms in total. The first kappa shape index (κ1) is 12.3. The first-order valence-electron chi connectivity index (χ1n) is 6.72. The molecule has 1 saturated heterocycles. The summed E-state index contributed by atoms with van der Waals surface area (Å²) in [5.41, 5.74) is 2.12. The number of rotatable bonds is 4. The van der Waals surface area contributed by atoms with Crippen molar-refractivity contribution in [3.8, 4) is 0 Å². The number of benzene rings is 1. The number of aromatic nitrogens is 1. The number of nitrogens with zero attached hydrogens (tertiary/aromatic N) is 2. The Kier molecular flexibility index (Phi) is 3.56. The zero-order chi connectivity index (χ0) is 13.1. The summed E-state index contributed by atoms with van der Waals surface area (Å²) in [4.78, 5) is 6.36. The molecular formula is C16H17FN2. The van der Waals surface area contributed by atoms with Gasteiger partial charge in [0, 0.05) is 37.1 Å². The highest BCUT2D eigenvalue weighted by Gasteiger charge is 2.30. The van der Waals surface area contributed by atoms with E-state index in [1.165, 1.54) is 5.56 Å². The topological polar surface area (TPSA) is 16.1 Å². The van der Waals surface area contributed by atoms with Crippen molar-refractivity contribution in [1.29, 1.82) is 0 Å². The zero-order valence-electron chi connectivity index (χ0n) is 10.8. The van der Waals surface area contributed by atoms with E-state index >= 15 is 0 Å². The van der Waals surface area contributed by atoms with Gasteiger partial charge in [-0.25, -0.2) is 4.39 Å². The first-order valence-corrected chi connectivity index (χ1v) is 6.72. The lowest BCUT2D eigenvalue weighted by Gasteiger charge is -2.41. The molecule has 3 heteroatoms. The standard InChI is InChI=1S/C16H17FN2/c17-15-4-2-1-3-14(15)16-8-12-19(16)11-7-13-5-9-18-10-6-13/h1-6,9-10,16H,7-8,11-12H2. The van der Waals surface area contributed by atoms with E-state index in [1.54, 1.807) is 12.1 Å². The van der Waals surface area contributed by atoms with Crippen LogP contribution >= 0.6 is 0 Å². The second-order valence-electron chi connectivity index (χ2n) is 4.97. The van der Waals surface area contributed by atoms with Crippen LogP contribution in [0.3, 0.4) is 0 Å². The molecule has 2 heterocycles. The van der Waals surface area contributed by atoms with Crippen molar-refractivity contribution in [2.75, 3.05) is 13.1 Å². The highest BCUT2D eigenvalue weighted by atomic mass is 19.1. The monoisotopic (exact) mass is 256 g/mol. The maximum Gasteiger partial charge on any atom is 0.127 e. The van der Waals surface area contributed by atoms with E-state index in [0.717, 1.165) is 31.5 Å². The van der Waals surface area contributed by atoms with E-state index in [2.05, 4.69) is 9.88 Å². The molecule has 1 aliphatic rings. The average molecular weight is 256 g/mol. The van der Waals surface area contributed by atoms with Crippen LogP contribution in [0.2, 0.25) is 0 Å². The van der Waals surface area contributed by atoms with Crippen LogP contribution in [-0.4, -0.2) is 23.0 Å². The third-order valence-corrected chi connectivity index (χ3v) is 3.83. The second-order valence-corrected chi connectivity index (χ2v) is 4.97. The molecule has 19 heavy (non-hydrogen) atoms. The minimum Gasteiger partial charge on any atom is -0.296 e. The number of likely N-dealkylation sites (tertiary alicyclic amines) is 1. The molecule has 0 saturated carbocycles. The van der Waals surface area contributed by atoms with Gasteiger partial charge in [-0.1, -0.05) is 18.2 Å². The lowest BCUT2D eigenvalue weighted by atomic mass is 9.93. The van der Waals surface area contributed by atoms with Crippen molar-refractivity contribution in [2.45, 2.75) is 18.9 Å². The smallest absolute Gasteiger partial charge is 0.127 e. The fraction of sp³-hybridized carbons (Fsp3) is 0.312. The van der Waals surface area contributed by atoms with Gasteiger partial charge >= 0.3 is 0 Å². The van der Waals surface area contributed by atoms with Crippen molar-refractivity contribution in [1.82, 2.24) is 9.88 Å². The lowest BCUT2D eigenvalue weighted by Crippen LogP contribution is -2.42. The van der Waals surface area contributed by atoms with Gasteiger partial charge < -0.3 is 0 Å². The predicted octanol–water partition coefficient (Wildman–Crippen LogP) is 3.21. The Labute approximate surface area is 112 Å². The Hall–Kier alpha value is -1.74. The van der Waals surface area contributed by atoms with Gasteiger partial charge in [-0.3, -0.25) is 9.88 Å². The van der Waals surface area contributed by atoms with Crippen molar-refractivity contribution >= 4 is 0 Å². The van der Waals surface area contributed by atoms with Crippen LogP contribution in [0.5, 0.6) is 0 Å². The Morgan fingerprint density at radius 2 is 1.95 bits per heavy atom. The van der Waals surface area contributed by atoms with Crippen LogP contribution in [-0.2, 0) is 6.42 Å². The second kappa shape index (κ2) is 5.49. The summed E-state index contributed by atoms with van der Waals surface area (Å²) in [6.07, 6.45) is 5.68. The Morgan fingerprint density at radius 1 is 1.16 bits per heavy atom. The van der Waals surface area contributed by atoms with Crippen molar-refractivity contribution < 1.29 is 4.39 Å². The van der Waals surface area contributed by atoms with Gasteiger partial charge in [-0.05, 0) is 36.6 Å². The molecular weight excluding hydrogens is 239 g/mol. The molecule has 0 amide bonds. The van der Waals surface area contributed by atoms with Crippen LogP contribution in [0.1, 0.15) is 23.6 Å². The minimum absolute atomic E-state index is 0.0823. The van der Waals surface area contributed by atoms with E-state index in [9.17, 15) is 4.39 Å². The fourth-order valence-corrected chi connectivity index (χ4v) is 2.63. The van der Waals surface area contributed by atoms with E-state index in [4.69, 9.17) is 0 Å². The third kappa shape index (κ3) is 2.66. The van der Waals surface area contributed by atoms with E-state index in [0.29, 0.717) is 0 Å². The quantitative estimate of drug-likeness (QED) is 0.835. The third-order valence-electron chi connectivity index (χ3n) is 3.83. The van der Waals surface area contributed by atoms with Gasteiger partial charge in [-0.15, -0.1) is 0 Å². The molecule has 0 N–H and O–H groups in total. The van der Waals surface area contributed by atoms with Crippen molar-refractivity contribution in [2.24, 2.45) is 0 Å². The molecule has 0 aliphatic carbocycles. The number of hydrogen-bond donors (Lipinski definition) is 0. The molecule has 1 aromatic carbocycles. The minimum atomic E-state index is -0.0823. The first-order chi connectivity index (χ1) is 9.34. The molecule has 1 atom stereocenters. The molecule has 1 fully saturated rings. The van der Waals surface area contributed by atoms with E-state index < -0.39 is 0 Å². The largest absolute Gasteiger partial charge is 0.296 e. The maximum absolute atomic E-state index is 13.8. The molecule has 1 aromatic heterocycles. The highest BCUT2D eigenvalue weighted by molar-refractivity contribution is 5.23. The molecule has 2 aromatic rings. The van der Waals surface area contributed by atoms with Crippen molar-refractivity contribution in [3.05, 3.63) is 65.7 Å². The number of halogens is 1. The SMILES string of the molecule is Fc1ccccc1C1CCN1CCc1ccncc1.